The lowest BCUT2D eigenvalue weighted by atomic mass is 10.0. The van der Waals surface area contributed by atoms with Crippen LogP contribution in [0.25, 0.3) is 0 Å². The van der Waals surface area contributed by atoms with Gasteiger partial charge in [-0.3, -0.25) is 4.79 Å². The lowest BCUT2D eigenvalue weighted by molar-refractivity contribution is -0.185. The Bertz CT molecular complexity index is 563. The van der Waals surface area contributed by atoms with E-state index in [0.29, 0.717) is 20.9 Å². The Morgan fingerprint density at radius 2 is 1.95 bits per heavy atom. The lowest BCUT2D eigenvalue weighted by Gasteiger charge is -2.21. The highest BCUT2D eigenvalue weighted by molar-refractivity contribution is 14.1. The van der Waals surface area contributed by atoms with Crippen molar-refractivity contribution < 1.29 is 23.1 Å². The van der Waals surface area contributed by atoms with Gasteiger partial charge in [0.2, 0.25) is 0 Å². The SMILES string of the molecule is O=C(N1CCc2cc(Br)c(O)c(I)c2CC1)C(F)(F)F. The minimum absolute atomic E-state index is 0.00240. The number of halogens is 5. The highest BCUT2D eigenvalue weighted by Gasteiger charge is 2.42. The van der Waals surface area contributed by atoms with Gasteiger partial charge in [-0.1, -0.05) is 0 Å². The number of alkyl halides is 3. The molecule has 1 aliphatic rings. The molecule has 0 spiro atoms. The van der Waals surface area contributed by atoms with Gasteiger partial charge in [-0.25, -0.2) is 0 Å². The van der Waals surface area contributed by atoms with Crippen LogP contribution in [0.5, 0.6) is 5.75 Å². The third kappa shape index (κ3) is 3.05. The summed E-state index contributed by atoms with van der Waals surface area (Å²) in [5.74, 6) is -1.72. The van der Waals surface area contributed by atoms with Crippen LogP contribution < -0.4 is 0 Å². The average molecular weight is 464 g/mol. The Morgan fingerprint density at radius 3 is 2.55 bits per heavy atom. The van der Waals surface area contributed by atoms with Crippen molar-refractivity contribution in [3.63, 3.8) is 0 Å². The summed E-state index contributed by atoms with van der Waals surface area (Å²) in [5.41, 5.74) is 1.67. The minimum atomic E-state index is -4.84. The van der Waals surface area contributed by atoms with Gasteiger partial charge >= 0.3 is 12.1 Å². The average Bonchev–Trinajstić information content (AvgIpc) is 2.56. The first-order valence-corrected chi connectivity index (χ1v) is 7.63. The maximum atomic E-state index is 12.5. The van der Waals surface area contributed by atoms with Crippen LogP contribution in [0.3, 0.4) is 0 Å². The van der Waals surface area contributed by atoms with E-state index in [0.717, 1.165) is 16.0 Å². The van der Waals surface area contributed by atoms with Gasteiger partial charge in [0.05, 0.1) is 8.04 Å². The largest absolute Gasteiger partial charge is 0.506 e. The normalized spacial score (nSPS) is 15.8. The molecule has 0 radical (unpaired) electrons. The summed E-state index contributed by atoms with van der Waals surface area (Å²) in [4.78, 5) is 12.1. The molecule has 0 aromatic heterocycles. The van der Waals surface area contributed by atoms with Gasteiger partial charge < -0.3 is 10.0 Å². The molecule has 8 heteroatoms. The molecule has 2 rings (SSSR count). The fraction of sp³-hybridized carbons (Fsp3) is 0.417. The standard InChI is InChI=1S/C12H10BrF3INO2/c13-8-5-6-1-3-18(11(20)12(14,15)16)4-2-7(6)9(17)10(8)19/h5,19H,1-4H2. The number of nitrogens with zero attached hydrogens (tertiary/aromatic N) is 1. The van der Waals surface area contributed by atoms with Crippen LogP contribution in [-0.4, -0.2) is 35.2 Å². The number of hydrogen-bond donors (Lipinski definition) is 1. The number of hydrogen-bond acceptors (Lipinski definition) is 2. The van der Waals surface area contributed by atoms with Gasteiger partial charge in [-0.05, 0) is 68.6 Å². The van der Waals surface area contributed by atoms with E-state index in [1.54, 1.807) is 6.07 Å². The van der Waals surface area contributed by atoms with Crippen molar-refractivity contribution in [1.82, 2.24) is 4.90 Å². The predicted octanol–water partition coefficient (Wildman–Crippen LogP) is 3.25. The second kappa shape index (κ2) is 5.70. The van der Waals surface area contributed by atoms with Crippen molar-refractivity contribution in [3.8, 4) is 5.75 Å². The molecule has 3 nitrogen and oxygen atoms in total. The van der Waals surface area contributed by atoms with Crippen molar-refractivity contribution in [2.75, 3.05) is 13.1 Å². The van der Waals surface area contributed by atoms with Crippen LogP contribution in [0.15, 0.2) is 10.5 Å². The zero-order chi connectivity index (χ0) is 15.1. The third-order valence-electron chi connectivity index (χ3n) is 3.20. The smallest absolute Gasteiger partial charge is 0.471 e. The van der Waals surface area contributed by atoms with E-state index < -0.39 is 12.1 Å². The second-order valence-electron chi connectivity index (χ2n) is 4.45. The highest BCUT2D eigenvalue weighted by atomic mass is 127. The summed E-state index contributed by atoms with van der Waals surface area (Å²) in [5, 5.41) is 9.84. The quantitative estimate of drug-likeness (QED) is 0.600. The van der Waals surface area contributed by atoms with E-state index in [9.17, 15) is 23.1 Å². The molecule has 110 valence electrons. The van der Waals surface area contributed by atoms with E-state index in [1.807, 2.05) is 22.6 Å². The number of phenols is 1. The summed E-state index contributed by atoms with van der Waals surface area (Å²) in [6.45, 7) is 0.0288. The van der Waals surface area contributed by atoms with E-state index in [1.165, 1.54) is 0 Å². The number of carbonyl (C=O) groups is 1. The number of rotatable bonds is 0. The van der Waals surface area contributed by atoms with Crippen LogP contribution in [0.2, 0.25) is 0 Å². The van der Waals surface area contributed by atoms with Gasteiger partial charge in [-0.15, -0.1) is 0 Å². The Balaban J connectivity index is 2.28. The summed E-state index contributed by atoms with van der Waals surface area (Å²) < 4.78 is 38.5. The van der Waals surface area contributed by atoms with E-state index in [4.69, 9.17) is 0 Å². The summed E-state index contributed by atoms with van der Waals surface area (Å²) in [6.07, 6.45) is -4.20. The molecule has 0 saturated carbocycles. The molecule has 0 aliphatic carbocycles. The van der Waals surface area contributed by atoms with Crippen molar-refractivity contribution in [1.29, 1.82) is 0 Å². The Kier molecular flexibility index (Phi) is 4.53. The Labute approximate surface area is 135 Å². The molecule has 0 unspecified atom stereocenters. The second-order valence-corrected chi connectivity index (χ2v) is 6.38. The van der Waals surface area contributed by atoms with Crippen LogP contribution in [0.4, 0.5) is 13.2 Å². The zero-order valence-corrected chi connectivity index (χ0v) is 13.8. The molecule has 1 amide bonds. The molecule has 0 atom stereocenters. The highest BCUT2D eigenvalue weighted by Crippen LogP contribution is 2.36. The Hall–Kier alpha value is -0.510. The lowest BCUT2D eigenvalue weighted by Crippen LogP contribution is -2.42. The maximum Gasteiger partial charge on any atom is 0.471 e. The number of aromatic hydroxyl groups is 1. The fourth-order valence-electron chi connectivity index (χ4n) is 2.19. The molecule has 0 saturated heterocycles. The monoisotopic (exact) mass is 463 g/mol. The van der Waals surface area contributed by atoms with Crippen molar-refractivity contribution in [3.05, 3.63) is 25.2 Å². The van der Waals surface area contributed by atoms with Crippen LogP contribution in [-0.2, 0) is 17.6 Å². The first kappa shape index (κ1) is 15.9. The molecular weight excluding hydrogens is 454 g/mol. The first-order chi connectivity index (χ1) is 9.21. The molecule has 0 fully saturated rings. The fourth-order valence-corrected chi connectivity index (χ4v) is 3.94. The predicted molar refractivity (Wildman–Crippen MR) is 78.6 cm³/mol. The van der Waals surface area contributed by atoms with E-state index in [2.05, 4.69) is 15.9 Å². The van der Waals surface area contributed by atoms with Crippen molar-refractivity contribution in [2.45, 2.75) is 19.0 Å². The number of benzene rings is 1. The molecule has 1 N–H and O–H groups in total. The van der Waals surface area contributed by atoms with E-state index >= 15 is 0 Å². The van der Waals surface area contributed by atoms with Gasteiger partial charge in [0.25, 0.3) is 0 Å². The molecule has 20 heavy (non-hydrogen) atoms. The van der Waals surface area contributed by atoms with Gasteiger partial charge in [0.1, 0.15) is 5.75 Å². The summed E-state index contributed by atoms with van der Waals surface area (Å²) >= 11 is 5.18. The Morgan fingerprint density at radius 1 is 1.35 bits per heavy atom. The van der Waals surface area contributed by atoms with Crippen LogP contribution >= 0.6 is 38.5 Å². The minimum Gasteiger partial charge on any atom is -0.506 e. The topological polar surface area (TPSA) is 40.5 Å². The first-order valence-electron chi connectivity index (χ1n) is 5.76. The summed E-state index contributed by atoms with van der Waals surface area (Å²) in [6, 6.07) is 1.70. The number of phenolic OH excluding ortho intramolecular Hbond substituents is 1. The molecule has 1 aromatic carbocycles. The molecule has 1 heterocycles. The molecular formula is C12H10BrF3INO2. The maximum absolute atomic E-state index is 12.5. The van der Waals surface area contributed by atoms with E-state index in [-0.39, 0.29) is 18.8 Å². The zero-order valence-electron chi connectivity index (χ0n) is 10.1. The number of fused-ring (bicyclic) bond motifs is 1. The van der Waals surface area contributed by atoms with Crippen molar-refractivity contribution >= 4 is 44.4 Å². The van der Waals surface area contributed by atoms with Gasteiger partial charge in [-0.2, -0.15) is 13.2 Å². The van der Waals surface area contributed by atoms with Crippen LogP contribution in [0, 0.1) is 3.57 Å². The van der Waals surface area contributed by atoms with Gasteiger partial charge in [0.15, 0.2) is 0 Å². The molecule has 0 bridgehead atoms. The van der Waals surface area contributed by atoms with Gasteiger partial charge in [0, 0.05) is 13.1 Å². The molecule has 1 aromatic rings. The van der Waals surface area contributed by atoms with Crippen LogP contribution in [0.1, 0.15) is 11.1 Å². The van der Waals surface area contributed by atoms with Crippen molar-refractivity contribution in [2.24, 2.45) is 0 Å². The number of amides is 1. The third-order valence-corrected chi connectivity index (χ3v) is 4.97. The number of carbonyl (C=O) groups excluding carboxylic acids is 1. The summed E-state index contributed by atoms with van der Waals surface area (Å²) in [7, 11) is 0. The molecule has 1 aliphatic heterocycles.